The molecule has 3 nitrogen and oxygen atoms in total. The summed E-state index contributed by atoms with van der Waals surface area (Å²) in [6, 6.07) is 0. The molecule has 0 saturated carbocycles. The Morgan fingerprint density at radius 2 is 2.14 bits per heavy atom. The topological polar surface area (TPSA) is 30.2 Å². The van der Waals surface area contributed by atoms with Crippen LogP contribution in [0, 0.1) is 0 Å². The molecular weight excluding hydrogens is 174 g/mol. The zero-order chi connectivity index (χ0) is 10.8. The number of hydrogen-bond donors (Lipinski definition) is 0. The van der Waals surface area contributed by atoms with E-state index in [9.17, 15) is 0 Å². The van der Waals surface area contributed by atoms with Gasteiger partial charge < -0.3 is 0 Å². The predicted octanol–water partition coefficient (Wildman–Crippen LogP) is 2.61. The van der Waals surface area contributed by atoms with E-state index in [-0.39, 0.29) is 5.41 Å². The van der Waals surface area contributed by atoms with Crippen LogP contribution in [0.1, 0.15) is 26.3 Å². The van der Waals surface area contributed by atoms with Crippen molar-refractivity contribution in [3.05, 3.63) is 24.4 Å². The molecule has 0 radical (unpaired) electrons. The van der Waals surface area contributed by atoms with E-state index in [0.717, 1.165) is 11.4 Å². The van der Waals surface area contributed by atoms with Crippen molar-refractivity contribution in [1.82, 2.24) is 9.78 Å². The van der Waals surface area contributed by atoms with Crippen LogP contribution in [0.25, 0.3) is 0 Å². The molecule has 0 N–H and O–H groups in total. The summed E-state index contributed by atoms with van der Waals surface area (Å²) in [7, 11) is 1.89. The van der Waals surface area contributed by atoms with E-state index in [4.69, 9.17) is 0 Å². The van der Waals surface area contributed by atoms with Crippen molar-refractivity contribution >= 4 is 12.0 Å². The van der Waals surface area contributed by atoms with Gasteiger partial charge in [-0.1, -0.05) is 33.4 Å². The number of rotatable bonds is 2. The third kappa shape index (κ3) is 2.10. The van der Waals surface area contributed by atoms with Gasteiger partial charge in [0.2, 0.25) is 0 Å². The molecule has 1 heterocycles. The standard InChI is InChI=1S/C11H17N3/c1-6-7-12-10-9(11(2,3)4)8-13-14(10)5/h6-8H,1H2,2-5H3/b12-7-. The summed E-state index contributed by atoms with van der Waals surface area (Å²) in [6.07, 6.45) is 5.22. The van der Waals surface area contributed by atoms with Gasteiger partial charge in [-0.2, -0.15) is 5.10 Å². The molecule has 0 aliphatic rings. The fraction of sp³-hybridized carbons (Fsp3) is 0.455. The smallest absolute Gasteiger partial charge is 0.153 e. The lowest BCUT2D eigenvalue weighted by Gasteiger charge is -2.17. The fourth-order valence-corrected chi connectivity index (χ4v) is 1.24. The van der Waals surface area contributed by atoms with E-state index in [1.165, 1.54) is 0 Å². The summed E-state index contributed by atoms with van der Waals surface area (Å²) < 4.78 is 1.78. The largest absolute Gasteiger partial charge is 0.251 e. The molecule has 0 aliphatic carbocycles. The number of allylic oxidation sites excluding steroid dienone is 1. The first-order chi connectivity index (χ1) is 6.46. The third-order valence-corrected chi connectivity index (χ3v) is 2.02. The maximum atomic E-state index is 4.31. The van der Waals surface area contributed by atoms with Gasteiger partial charge in [0.15, 0.2) is 5.82 Å². The summed E-state index contributed by atoms with van der Waals surface area (Å²) in [4.78, 5) is 4.31. The first-order valence-electron chi connectivity index (χ1n) is 4.64. The molecule has 0 unspecified atom stereocenters. The molecule has 0 atom stereocenters. The van der Waals surface area contributed by atoms with Crippen molar-refractivity contribution in [1.29, 1.82) is 0 Å². The van der Waals surface area contributed by atoms with Crippen molar-refractivity contribution in [3.8, 4) is 0 Å². The highest BCUT2D eigenvalue weighted by atomic mass is 15.3. The monoisotopic (exact) mass is 191 g/mol. The highest BCUT2D eigenvalue weighted by Crippen LogP contribution is 2.30. The first kappa shape index (κ1) is 10.7. The first-order valence-corrected chi connectivity index (χ1v) is 4.64. The number of hydrogen-bond acceptors (Lipinski definition) is 2. The second-order valence-electron chi connectivity index (χ2n) is 4.27. The van der Waals surface area contributed by atoms with Gasteiger partial charge in [0, 0.05) is 18.8 Å². The second kappa shape index (κ2) is 3.78. The molecule has 0 aliphatic heterocycles. The number of aliphatic imine (C=N–C) groups is 1. The average Bonchev–Trinajstić information content (AvgIpc) is 2.42. The van der Waals surface area contributed by atoms with Crippen molar-refractivity contribution in [2.75, 3.05) is 0 Å². The lowest BCUT2D eigenvalue weighted by molar-refractivity contribution is 0.591. The van der Waals surface area contributed by atoms with Crippen molar-refractivity contribution in [2.24, 2.45) is 12.0 Å². The van der Waals surface area contributed by atoms with Gasteiger partial charge in [-0.25, -0.2) is 4.99 Å². The molecule has 14 heavy (non-hydrogen) atoms. The minimum absolute atomic E-state index is 0.0715. The van der Waals surface area contributed by atoms with Gasteiger partial charge in [0.05, 0.1) is 6.20 Å². The Morgan fingerprint density at radius 1 is 1.50 bits per heavy atom. The van der Waals surface area contributed by atoms with Crippen molar-refractivity contribution in [3.63, 3.8) is 0 Å². The van der Waals surface area contributed by atoms with E-state index < -0.39 is 0 Å². The van der Waals surface area contributed by atoms with E-state index in [1.807, 2.05) is 13.2 Å². The van der Waals surface area contributed by atoms with Gasteiger partial charge in [-0.05, 0) is 5.41 Å². The average molecular weight is 191 g/mol. The van der Waals surface area contributed by atoms with Crippen LogP contribution < -0.4 is 0 Å². The summed E-state index contributed by atoms with van der Waals surface area (Å²) in [5.74, 6) is 0.900. The Bertz CT molecular complexity index is 353. The minimum atomic E-state index is 0.0715. The predicted molar refractivity (Wildman–Crippen MR) is 60.3 cm³/mol. The van der Waals surface area contributed by atoms with Crippen LogP contribution in [0.2, 0.25) is 0 Å². The van der Waals surface area contributed by atoms with Crippen LogP contribution >= 0.6 is 0 Å². The zero-order valence-electron chi connectivity index (χ0n) is 9.28. The molecule has 0 fully saturated rings. The van der Waals surface area contributed by atoms with E-state index >= 15 is 0 Å². The number of aromatic nitrogens is 2. The summed E-state index contributed by atoms with van der Waals surface area (Å²) >= 11 is 0. The molecule has 0 amide bonds. The normalized spacial score (nSPS) is 12.3. The van der Waals surface area contributed by atoms with Crippen molar-refractivity contribution in [2.45, 2.75) is 26.2 Å². The molecule has 76 valence electrons. The molecule has 1 aromatic heterocycles. The zero-order valence-corrected chi connectivity index (χ0v) is 9.28. The van der Waals surface area contributed by atoms with Gasteiger partial charge >= 0.3 is 0 Å². The molecule has 0 saturated heterocycles. The van der Waals surface area contributed by atoms with Crippen LogP contribution in [0.3, 0.4) is 0 Å². The van der Waals surface area contributed by atoms with Gasteiger partial charge in [0.25, 0.3) is 0 Å². The highest BCUT2D eigenvalue weighted by Gasteiger charge is 2.20. The van der Waals surface area contributed by atoms with Crippen LogP contribution in [0.15, 0.2) is 23.8 Å². The van der Waals surface area contributed by atoms with E-state index in [1.54, 1.807) is 17.0 Å². The second-order valence-corrected chi connectivity index (χ2v) is 4.27. The maximum Gasteiger partial charge on any atom is 0.153 e. The number of nitrogens with zero attached hydrogens (tertiary/aromatic N) is 3. The van der Waals surface area contributed by atoms with Gasteiger partial charge in [-0.15, -0.1) is 0 Å². The molecule has 1 rings (SSSR count). The Morgan fingerprint density at radius 3 is 2.64 bits per heavy atom. The minimum Gasteiger partial charge on any atom is -0.251 e. The summed E-state index contributed by atoms with van der Waals surface area (Å²) in [6.45, 7) is 10.1. The lowest BCUT2D eigenvalue weighted by Crippen LogP contribution is -2.10. The molecule has 0 aromatic carbocycles. The Balaban J connectivity index is 3.19. The Labute approximate surface area is 85.2 Å². The van der Waals surface area contributed by atoms with Crippen LogP contribution in [0.4, 0.5) is 5.82 Å². The summed E-state index contributed by atoms with van der Waals surface area (Å²) in [5.41, 5.74) is 1.22. The van der Waals surface area contributed by atoms with Gasteiger partial charge in [-0.3, -0.25) is 4.68 Å². The van der Waals surface area contributed by atoms with Crippen LogP contribution in [-0.2, 0) is 12.5 Å². The Kier molecular flexibility index (Phi) is 2.89. The molecule has 3 heteroatoms. The molecule has 1 aromatic rings. The highest BCUT2D eigenvalue weighted by molar-refractivity contribution is 5.73. The Hall–Kier alpha value is -1.38. The molecular formula is C11H17N3. The van der Waals surface area contributed by atoms with E-state index in [2.05, 4.69) is 37.4 Å². The maximum absolute atomic E-state index is 4.31. The lowest BCUT2D eigenvalue weighted by atomic mass is 9.89. The van der Waals surface area contributed by atoms with E-state index in [0.29, 0.717) is 0 Å². The van der Waals surface area contributed by atoms with Crippen LogP contribution in [-0.4, -0.2) is 16.0 Å². The SMILES string of the molecule is C=C/C=N\c1c(C(C)(C)C)cnn1C. The fourth-order valence-electron chi connectivity index (χ4n) is 1.24. The van der Waals surface area contributed by atoms with Crippen LogP contribution in [0.5, 0.6) is 0 Å². The quantitative estimate of drug-likeness (QED) is 0.661. The molecule has 0 spiro atoms. The van der Waals surface area contributed by atoms with Gasteiger partial charge in [0.1, 0.15) is 0 Å². The number of aryl methyl sites for hydroxylation is 1. The third-order valence-electron chi connectivity index (χ3n) is 2.02. The molecule has 0 bridgehead atoms. The summed E-state index contributed by atoms with van der Waals surface area (Å²) in [5, 5.41) is 4.20. The van der Waals surface area contributed by atoms with Crippen molar-refractivity contribution < 1.29 is 0 Å².